The van der Waals surface area contributed by atoms with E-state index in [1.807, 2.05) is 12.1 Å². The fourth-order valence-corrected chi connectivity index (χ4v) is 3.23. The molecule has 2 aromatic rings. The van der Waals surface area contributed by atoms with Gasteiger partial charge in [-0.25, -0.2) is 0 Å². The van der Waals surface area contributed by atoms with Gasteiger partial charge in [-0.15, -0.1) is 0 Å². The van der Waals surface area contributed by atoms with Gasteiger partial charge in [0.25, 0.3) is 0 Å². The first-order valence-corrected chi connectivity index (χ1v) is 7.49. The van der Waals surface area contributed by atoms with E-state index in [2.05, 4.69) is 33.4 Å². The van der Waals surface area contributed by atoms with Crippen LogP contribution in [0, 0.1) is 0 Å². The zero-order valence-electron chi connectivity index (χ0n) is 13.2. The van der Waals surface area contributed by atoms with E-state index >= 15 is 0 Å². The topological polar surface area (TPSA) is 22.4 Å². The highest BCUT2D eigenvalue weighted by atomic mass is 16.5. The molecule has 2 nitrogen and oxygen atoms in total. The van der Waals surface area contributed by atoms with Crippen LogP contribution >= 0.6 is 0 Å². The molecule has 1 aliphatic carbocycles. The van der Waals surface area contributed by atoms with Crippen molar-refractivity contribution in [2.75, 3.05) is 7.11 Å². The summed E-state index contributed by atoms with van der Waals surface area (Å²) in [5.41, 5.74) is 5.92. The number of benzene rings is 1. The standard InChI is InChI=1S/C19H22O2/c1-11(2)15-8-6-12(3)19-18(13(15)4)16-10-14(20-5)7-9-17(16)21-19/h7,9-10,12H,4,6,8H2,1-3,5H3/t12-/m1/s1. The summed E-state index contributed by atoms with van der Waals surface area (Å²) in [7, 11) is 1.69. The molecule has 0 spiro atoms. The Balaban J connectivity index is 2.31. The molecule has 0 saturated carbocycles. The van der Waals surface area contributed by atoms with Crippen LogP contribution in [-0.4, -0.2) is 7.11 Å². The van der Waals surface area contributed by atoms with Crippen LogP contribution in [-0.2, 0) is 0 Å². The number of ether oxygens (including phenoxy) is 1. The molecule has 0 aliphatic heterocycles. The quantitative estimate of drug-likeness (QED) is 0.627. The molecule has 0 saturated heterocycles. The van der Waals surface area contributed by atoms with Gasteiger partial charge >= 0.3 is 0 Å². The van der Waals surface area contributed by atoms with Gasteiger partial charge < -0.3 is 9.15 Å². The lowest BCUT2D eigenvalue weighted by molar-refractivity contribution is 0.415. The summed E-state index contributed by atoms with van der Waals surface area (Å²) in [4.78, 5) is 0. The van der Waals surface area contributed by atoms with Crippen LogP contribution in [0.5, 0.6) is 5.75 Å². The molecule has 0 radical (unpaired) electrons. The molecular formula is C19H22O2. The fraction of sp³-hybridized carbons (Fsp3) is 0.368. The van der Waals surface area contributed by atoms with Crippen LogP contribution in [0.3, 0.4) is 0 Å². The van der Waals surface area contributed by atoms with Crippen molar-refractivity contribution in [3.63, 3.8) is 0 Å². The van der Waals surface area contributed by atoms with Crippen molar-refractivity contribution < 1.29 is 9.15 Å². The van der Waals surface area contributed by atoms with Crippen molar-refractivity contribution in [2.24, 2.45) is 0 Å². The molecule has 1 aromatic heterocycles. The minimum Gasteiger partial charge on any atom is -0.497 e. The van der Waals surface area contributed by atoms with Crippen LogP contribution in [0.4, 0.5) is 0 Å². The van der Waals surface area contributed by atoms with E-state index < -0.39 is 0 Å². The second-order valence-electron chi connectivity index (χ2n) is 6.10. The Bertz CT molecular complexity index is 742. The number of furan rings is 1. The Morgan fingerprint density at radius 1 is 1.33 bits per heavy atom. The molecule has 0 unspecified atom stereocenters. The monoisotopic (exact) mass is 282 g/mol. The summed E-state index contributed by atoms with van der Waals surface area (Å²) in [5.74, 6) is 2.33. The Morgan fingerprint density at radius 3 is 2.76 bits per heavy atom. The number of fused-ring (bicyclic) bond motifs is 3. The maximum atomic E-state index is 6.14. The molecule has 3 rings (SSSR count). The third-order valence-electron chi connectivity index (χ3n) is 4.47. The zero-order chi connectivity index (χ0) is 15.1. The molecule has 0 N–H and O–H groups in total. The minimum absolute atomic E-state index is 0.409. The zero-order valence-corrected chi connectivity index (χ0v) is 13.2. The molecule has 1 heterocycles. The van der Waals surface area contributed by atoms with Gasteiger partial charge in [-0.05, 0) is 56.0 Å². The molecule has 0 bridgehead atoms. The van der Waals surface area contributed by atoms with E-state index in [1.54, 1.807) is 7.11 Å². The lowest BCUT2D eigenvalue weighted by Crippen LogP contribution is -1.90. The van der Waals surface area contributed by atoms with E-state index in [-0.39, 0.29) is 0 Å². The summed E-state index contributed by atoms with van der Waals surface area (Å²) in [5, 5.41) is 1.11. The Labute approximate surface area is 126 Å². The number of rotatable bonds is 1. The first kappa shape index (κ1) is 14.0. The summed E-state index contributed by atoms with van der Waals surface area (Å²) in [6.07, 6.45) is 2.17. The van der Waals surface area contributed by atoms with Crippen molar-refractivity contribution in [1.82, 2.24) is 0 Å². The Kier molecular flexibility index (Phi) is 3.40. The maximum absolute atomic E-state index is 6.14. The van der Waals surface area contributed by atoms with Crippen molar-refractivity contribution in [3.05, 3.63) is 47.2 Å². The van der Waals surface area contributed by atoms with Gasteiger partial charge in [-0.3, -0.25) is 0 Å². The fourth-order valence-electron chi connectivity index (χ4n) is 3.23. The SMILES string of the molecule is C=C1C(=C(C)C)CC[C@@H](C)c2oc3ccc(OC)cc3c21. The second-order valence-corrected chi connectivity index (χ2v) is 6.10. The number of allylic oxidation sites excluding steroid dienone is 3. The van der Waals surface area contributed by atoms with Gasteiger partial charge in [0.05, 0.1) is 7.11 Å². The highest BCUT2D eigenvalue weighted by Crippen LogP contribution is 2.45. The average molecular weight is 282 g/mol. The largest absolute Gasteiger partial charge is 0.497 e. The van der Waals surface area contributed by atoms with Gasteiger partial charge in [0.15, 0.2) is 0 Å². The smallest absolute Gasteiger partial charge is 0.135 e. The predicted octanol–water partition coefficient (Wildman–Crippen LogP) is 5.69. The van der Waals surface area contributed by atoms with Gasteiger partial charge in [0.1, 0.15) is 17.1 Å². The lowest BCUT2D eigenvalue weighted by Gasteiger charge is -2.10. The number of hydrogen-bond donors (Lipinski definition) is 0. The van der Waals surface area contributed by atoms with Crippen LogP contribution in [0.25, 0.3) is 16.5 Å². The summed E-state index contributed by atoms with van der Waals surface area (Å²) >= 11 is 0. The molecule has 0 fully saturated rings. The molecule has 1 atom stereocenters. The first-order valence-electron chi connectivity index (χ1n) is 7.49. The third-order valence-corrected chi connectivity index (χ3v) is 4.47. The minimum atomic E-state index is 0.409. The van der Waals surface area contributed by atoms with E-state index in [0.29, 0.717) is 5.92 Å². The van der Waals surface area contributed by atoms with Gasteiger partial charge in [-0.1, -0.05) is 19.1 Å². The Morgan fingerprint density at radius 2 is 2.10 bits per heavy atom. The van der Waals surface area contributed by atoms with Crippen molar-refractivity contribution in [2.45, 2.75) is 39.5 Å². The molecule has 2 heteroatoms. The first-order chi connectivity index (χ1) is 10.0. The van der Waals surface area contributed by atoms with Gasteiger partial charge in [-0.2, -0.15) is 0 Å². The molecule has 110 valence electrons. The van der Waals surface area contributed by atoms with Crippen molar-refractivity contribution in [1.29, 1.82) is 0 Å². The normalized spacial score (nSPS) is 18.6. The highest BCUT2D eigenvalue weighted by molar-refractivity contribution is 5.97. The van der Waals surface area contributed by atoms with E-state index in [4.69, 9.17) is 9.15 Å². The molecule has 0 amide bonds. The third kappa shape index (κ3) is 2.19. The predicted molar refractivity (Wildman–Crippen MR) is 87.8 cm³/mol. The second kappa shape index (κ2) is 5.10. The number of methoxy groups -OCH3 is 1. The van der Waals surface area contributed by atoms with Crippen LogP contribution in [0.15, 0.2) is 40.3 Å². The molecule has 1 aromatic carbocycles. The van der Waals surface area contributed by atoms with Gasteiger partial charge in [0, 0.05) is 16.9 Å². The van der Waals surface area contributed by atoms with Crippen LogP contribution in [0.1, 0.15) is 50.9 Å². The van der Waals surface area contributed by atoms with Crippen molar-refractivity contribution in [3.8, 4) is 5.75 Å². The van der Waals surface area contributed by atoms with Crippen LogP contribution < -0.4 is 4.74 Å². The average Bonchev–Trinajstić information content (AvgIpc) is 2.79. The molecular weight excluding hydrogens is 260 g/mol. The van der Waals surface area contributed by atoms with E-state index in [9.17, 15) is 0 Å². The van der Waals surface area contributed by atoms with Gasteiger partial charge in [0.2, 0.25) is 0 Å². The molecule has 21 heavy (non-hydrogen) atoms. The van der Waals surface area contributed by atoms with E-state index in [1.165, 1.54) is 16.7 Å². The van der Waals surface area contributed by atoms with E-state index in [0.717, 1.165) is 40.9 Å². The number of hydrogen-bond acceptors (Lipinski definition) is 2. The highest BCUT2D eigenvalue weighted by Gasteiger charge is 2.27. The van der Waals surface area contributed by atoms with Crippen LogP contribution in [0.2, 0.25) is 0 Å². The summed E-state index contributed by atoms with van der Waals surface area (Å²) < 4.78 is 11.5. The lowest BCUT2D eigenvalue weighted by atomic mass is 9.94. The molecule has 1 aliphatic rings. The van der Waals surface area contributed by atoms with Crippen molar-refractivity contribution >= 4 is 16.5 Å². The summed E-state index contributed by atoms with van der Waals surface area (Å²) in [6.45, 7) is 10.9. The Hall–Kier alpha value is -1.96. The maximum Gasteiger partial charge on any atom is 0.135 e. The summed E-state index contributed by atoms with van der Waals surface area (Å²) in [6, 6.07) is 5.99.